The van der Waals surface area contributed by atoms with Crippen LogP contribution in [-0.4, -0.2) is 12.6 Å². The smallest absolute Gasteiger partial charge is 0.319 e. The second-order valence-corrected chi connectivity index (χ2v) is 8.29. The average Bonchev–Trinajstić information content (AvgIpc) is 2.47. The Labute approximate surface area is 141 Å². The van der Waals surface area contributed by atoms with Gasteiger partial charge in [0.15, 0.2) is 0 Å². The lowest BCUT2D eigenvalue weighted by Crippen LogP contribution is -2.51. The van der Waals surface area contributed by atoms with Crippen molar-refractivity contribution in [2.75, 3.05) is 11.9 Å². The van der Waals surface area contributed by atoms with Crippen molar-refractivity contribution in [3.05, 3.63) is 29.0 Å². The zero-order valence-corrected chi connectivity index (χ0v) is 13.8. The van der Waals surface area contributed by atoms with E-state index in [1.165, 1.54) is 50.7 Å². The Kier molecular flexibility index (Phi) is 3.75. The highest BCUT2D eigenvalue weighted by Gasteiger charge is 2.50. The Bertz CT molecular complexity index is 598. The maximum absolute atomic E-state index is 13.7. The van der Waals surface area contributed by atoms with E-state index in [1.807, 2.05) is 0 Å². The Hall–Kier alpha value is -1.29. The summed E-state index contributed by atoms with van der Waals surface area (Å²) >= 11 is 5.72. The lowest BCUT2D eigenvalue weighted by molar-refractivity contribution is -0.0496. The van der Waals surface area contributed by atoms with Crippen molar-refractivity contribution in [1.29, 1.82) is 0 Å². The van der Waals surface area contributed by atoms with Gasteiger partial charge in [-0.25, -0.2) is 9.18 Å². The molecule has 0 atom stereocenters. The molecule has 23 heavy (non-hydrogen) atoms. The van der Waals surface area contributed by atoms with E-state index in [1.54, 1.807) is 6.07 Å². The fourth-order valence-electron chi connectivity index (χ4n) is 5.53. The summed E-state index contributed by atoms with van der Waals surface area (Å²) in [7, 11) is 0. The van der Waals surface area contributed by atoms with Crippen LogP contribution in [-0.2, 0) is 0 Å². The van der Waals surface area contributed by atoms with E-state index in [0.717, 1.165) is 17.8 Å². The standard InChI is InChI=1S/C18H22ClFN2O/c19-14-1-2-16(15(20)6-14)22-17(23)21-10-18-7-11-3-12(8-18)5-13(4-11)9-18/h1-2,6,11-13H,3-5,7-10H2,(H2,21,22,23). The zero-order chi connectivity index (χ0) is 16.0. The van der Waals surface area contributed by atoms with Gasteiger partial charge in [0, 0.05) is 11.6 Å². The van der Waals surface area contributed by atoms with Gasteiger partial charge in [0.25, 0.3) is 0 Å². The summed E-state index contributed by atoms with van der Waals surface area (Å²) in [6.07, 6.45) is 7.90. The number of carbonyl (C=O) groups excluding carboxylic acids is 1. The fraction of sp³-hybridized carbons (Fsp3) is 0.611. The van der Waals surface area contributed by atoms with Crippen LogP contribution < -0.4 is 10.6 Å². The second-order valence-electron chi connectivity index (χ2n) is 7.85. The van der Waals surface area contributed by atoms with Gasteiger partial charge < -0.3 is 10.6 Å². The number of rotatable bonds is 3. The van der Waals surface area contributed by atoms with Crippen LogP contribution in [0.1, 0.15) is 38.5 Å². The van der Waals surface area contributed by atoms with E-state index in [4.69, 9.17) is 11.6 Å². The molecular weight excluding hydrogens is 315 g/mol. The summed E-state index contributed by atoms with van der Waals surface area (Å²) in [5, 5.41) is 5.89. The molecule has 0 unspecified atom stereocenters. The molecule has 2 N–H and O–H groups in total. The summed E-state index contributed by atoms with van der Waals surface area (Å²) < 4.78 is 13.7. The van der Waals surface area contributed by atoms with Gasteiger partial charge in [-0.15, -0.1) is 0 Å². The molecule has 0 saturated heterocycles. The van der Waals surface area contributed by atoms with Crippen LogP contribution in [0.4, 0.5) is 14.9 Å². The number of benzene rings is 1. The molecule has 0 radical (unpaired) electrons. The molecule has 2 amide bonds. The quantitative estimate of drug-likeness (QED) is 0.816. The first-order valence-electron chi connectivity index (χ1n) is 8.51. The van der Waals surface area contributed by atoms with Crippen LogP contribution in [0.3, 0.4) is 0 Å². The minimum atomic E-state index is -0.512. The van der Waals surface area contributed by atoms with Crippen LogP contribution >= 0.6 is 11.6 Å². The van der Waals surface area contributed by atoms with Crippen molar-refractivity contribution in [3.8, 4) is 0 Å². The van der Waals surface area contributed by atoms with E-state index < -0.39 is 5.82 Å². The highest BCUT2D eigenvalue weighted by molar-refractivity contribution is 6.30. The Morgan fingerprint density at radius 1 is 1.17 bits per heavy atom. The first kappa shape index (κ1) is 15.3. The van der Waals surface area contributed by atoms with E-state index in [0.29, 0.717) is 11.6 Å². The number of carbonyl (C=O) groups is 1. The van der Waals surface area contributed by atoms with Gasteiger partial charge in [0.2, 0.25) is 0 Å². The van der Waals surface area contributed by atoms with Crippen LogP contribution in [0.5, 0.6) is 0 Å². The first-order valence-corrected chi connectivity index (χ1v) is 8.89. The molecule has 4 aliphatic carbocycles. The maximum Gasteiger partial charge on any atom is 0.319 e. The minimum absolute atomic E-state index is 0.164. The molecule has 1 aromatic rings. The first-order chi connectivity index (χ1) is 11.0. The SMILES string of the molecule is O=C(NCC12CC3CC(CC(C3)C1)C2)Nc1ccc(Cl)cc1F. The summed E-state index contributed by atoms with van der Waals surface area (Å²) in [5.74, 6) is 2.07. The van der Waals surface area contributed by atoms with Gasteiger partial charge in [-0.3, -0.25) is 0 Å². The van der Waals surface area contributed by atoms with E-state index >= 15 is 0 Å². The number of urea groups is 1. The third-order valence-corrected chi connectivity index (χ3v) is 6.20. The molecule has 5 rings (SSSR count). The lowest BCUT2D eigenvalue weighted by Gasteiger charge is -2.56. The van der Waals surface area contributed by atoms with Gasteiger partial charge >= 0.3 is 6.03 Å². The molecule has 4 aliphatic rings. The van der Waals surface area contributed by atoms with Gasteiger partial charge in [0.05, 0.1) is 5.69 Å². The predicted molar refractivity (Wildman–Crippen MR) is 89.0 cm³/mol. The average molecular weight is 337 g/mol. The van der Waals surface area contributed by atoms with Crippen LogP contribution in [0.2, 0.25) is 5.02 Å². The molecular formula is C18H22ClFN2O. The largest absolute Gasteiger partial charge is 0.337 e. The number of halogens is 2. The van der Waals surface area contributed by atoms with Crippen molar-refractivity contribution in [2.45, 2.75) is 38.5 Å². The molecule has 1 aromatic carbocycles. The predicted octanol–water partition coefficient (Wildman–Crippen LogP) is 4.82. The van der Waals surface area contributed by atoms with Crippen molar-refractivity contribution in [2.24, 2.45) is 23.2 Å². The van der Waals surface area contributed by atoms with E-state index in [2.05, 4.69) is 10.6 Å². The number of hydrogen-bond acceptors (Lipinski definition) is 1. The third kappa shape index (κ3) is 3.06. The van der Waals surface area contributed by atoms with Crippen LogP contribution in [0.25, 0.3) is 0 Å². The summed E-state index contributed by atoms with van der Waals surface area (Å²) in [5.41, 5.74) is 0.447. The van der Waals surface area contributed by atoms with Crippen molar-refractivity contribution >= 4 is 23.3 Å². The van der Waals surface area contributed by atoms with E-state index in [9.17, 15) is 9.18 Å². The maximum atomic E-state index is 13.7. The molecule has 4 saturated carbocycles. The molecule has 5 heteroatoms. The summed E-state index contributed by atoms with van der Waals surface area (Å²) in [6, 6.07) is 3.93. The highest BCUT2D eigenvalue weighted by atomic mass is 35.5. The van der Waals surface area contributed by atoms with Crippen molar-refractivity contribution in [3.63, 3.8) is 0 Å². The van der Waals surface area contributed by atoms with Gasteiger partial charge in [-0.2, -0.15) is 0 Å². The van der Waals surface area contributed by atoms with Crippen LogP contribution in [0.15, 0.2) is 18.2 Å². The Balaban J connectivity index is 1.36. The molecule has 0 aliphatic heterocycles. The number of anilines is 1. The normalized spacial score (nSPS) is 34.4. The molecule has 0 spiro atoms. The molecule has 124 valence electrons. The molecule has 0 heterocycles. The van der Waals surface area contributed by atoms with Crippen molar-refractivity contribution in [1.82, 2.24) is 5.32 Å². The molecule has 0 aromatic heterocycles. The van der Waals surface area contributed by atoms with Gasteiger partial charge in [-0.1, -0.05) is 11.6 Å². The molecule has 3 nitrogen and oxygen atoms in total. The monoisotopic (exact) mass is 336 g/mol. The second kappa shape index (κ2) is 5.66. The third-order valence-electron chi connectivity index (χ3n) is 5.97. The van der Waals surface area contributed by atoms with Crippen LogP contribution in [0, 0.1) is 29.0 Å². The van der Waals surface area contributed by atoms with Gasteiger partial charge in [0.1, 0.15) is 5.82 Å². The van der Waals surface area contributed by atoms with Gasteiger partial charge in [-0.05, 0) is 79.9 Å². The number of hydrogen-bond donors (Lipinski definition) is 2. The summed E-state index contributed by atoms with van der Waals surface area (Å²) in [6.45, 7) is 0.706. The molecule has 4 fully saturated rings. The zero-order valence-electron chi connectivity index (χ0n) is 13.1. The Morgan fingerprint density at radius 2 is 1.78 bits per heavy atom. The van der Waals surface area contributed by atoms with E-state index in [-0.39, 0.29) is 17.1 Å². The summed E-state index contributed by atoms with van der Waals surface area (Å²) in [4.78, 5) is 12.1. The topological polar surface area (TPSA) is 41.1 Å². The number of amides is 2. The molecule has 4 bridgehead atoms. The highest BCUT2D eigenvalue weighted by Crippen LogP contribution is 2.59. The Morgan fingerprint density at radius 3 is 2.35 bits per heavy atom. The van der Waals surface area contributed by atoms with Crippen molar-refractivity contribution < 1.29 is 9.18 Å². The number of nitrogens with one attached hydrogen (secondary N) is 2. The lowest BCUT2D eigenvalue weighted by atomic mass is 9.49. The minimum Gasteiger partial charge on any atom is -0.337 e. The fourth-order valence-corrected chi connectivity index (χ4v) is 5.69.